The summed E-state index contributed by atoms with van der Waals surface area (Å²) in [6.45, 7) is 5.92. The Bertz CT molecular complexity index is 797. The molecule has 0 amide bonds. The molecule has 2 rings (SSSR count). The fraction of sp³-hybridized carbons (Fsp3) is 0.412. The molecule has 0 saturated carbocycles. The lowest BCUT2D eigenvalue weighted by Crippen LogP contribution is -2.41. The molecule has 0 saturated heterocycles. The van der Waals surface area contributed by atoms with E-state index in [1.807, 2.05) is 0 Å². The fourth-order valence-electron chi connectivity index (χ4n) is 2.44. The van der Waals surface area contributed by atoms with Crippen molar-refractivity contribution in [1.82, 2.24) is 0 Å². The number of aryl methyl sites for hydroxylation is 1. The molecule has 0 radical (unpaired) electrons. The van der Waals surface area contributed by atoms with Crippen LogP contribution in [0.15, 0.2) is 27.4 Å². The molecule has 23 heavy (non-hydrogen) atoms. The van der Waals surface area contributed by atoms with E-state index in [0.717, 1.165) is 5.56 Å². The molecule has 1 aromatic heterocycles. The fourth-order valence-corrected chi connectivity index (χ4v) is 2.44. The zero-order valence-electron chi connectivity index (χ0n) is 13.5. The van der Waals surface area contributed by atoms with Crippen molar-refractivity contribution in [2.45, 2.75) is 45.8 Å². The minimum atomic E-state index is -1.38. The van der Waals surface area contributed by atoms with Gasteiger partial charge in [0.15, 0.2) is 0 Å². The van der Waals surface area contributed by atoms with Gasteiger partial charge in [0, 0.05) is 13.3 Å². The summed E-state index contributed by atoms with van der Waals surface area (Å²) in [4.78, 5) is 23.4. The van der Waals surface area contributed by atoms with Gasteiger partial charge in [0.1, 0.15) is 17.4 Å². The van der Waals surface area contributed by atoms with Crippen molar-refractivity contribution in [3.05, 3.63) is 39.7 Å². The van der Waals surface area contributed by atoms with Gasteiger partial charge < -0.3 is 19.4 Å². The zero-order valence-corrected chi connectivity index (χ0v) is 13.5. The summed E-state index contributed by atoms with van der Waals surface area (Å²) in [5.41, 5.74) is -1.10. The van der Waals surface area contributed by atoms with Crippen LogP contribution in [0.2, 0.25) is 0 Å². The standard InChI is InChI=1S/C17H20O6/c1-9-6-5-7-12-14(9)15(19)11(16(20)23-12)8-13(17(3,4)21)22-10(2)18/h5-7,13,19,21H,8H2,1-4H3. The Kier molecular flexibility index (Phi) is 4.47. The summed E-state index contributed by atoms with van der Waals surface area (Å²) in [6.07, 6.45) is -1.14. The lowest BCUT2D eigenvalue weighted by atomic mass is 9.94. The summed E-state index contributed by atoms with van der Waals surface area (Å²) in [7, 11) is 0. The maximum Gasteiger partial charge on any atom is 0.343 e. The predicted octanol–water partition coefficient (Wildman–Crippen LogP) is 2.05. The zero-order chi connectivity index (χ0) is 17.4. The number of hydrogen-bond acceptors (Lipinski definition) is 6. The summed E-state index contributed by atoms with van der Waals surface area (Å²) >= 11 is 0. The largest absolute Gasteiger partial charge is 0.507 e. The van der Waals surface area contributed by atoms with Crippen LogP contribution < -0.4 is 5.63 Å². The highest BCUT2D eigenvalue weighted by molar-refractivity contribution is 5.87. The molecule has 0 aliphatic rings. The smallest absolute Gasteiger partial charge is 0.343 e. The number of ether oxygens (including phenoxy) is 1. The van der Waals surface area contributed by atoms with Gasteiger partial charge in [0.25, 0.3) is 0 Å². The second-order valence-corrected chi connectivity index (χ2v) is 6.12. The van der Waals surface area contributed by atoms with E-state index in [4.69, 9.17) is 9.15 Å². The van der Waals surface area contributed by atoms with E-state index in [0.29, 0.717) is 5.39 Å². The molecular formula is C17H20O6. The first-order valence-electron chi connectivity index (χ1n) is 7.25. The van der Waals surface area contributed by atoms with E-state index in [2.05, 4.69) is 0 Å². The number of carbonyl (C=O) groups excluding carboxylic acids is 1. The third kappa shape index (κ3) is 3.53. The van der Waals surface area contributed by atoms with E-state index in [-0.39, 0.29) is 23.3 Å². The molecule has 0 aliphatic heterocycles. The third-order valence-corrected chi connectivity index (χ3v) is 3.69. The van der Waals surface area contributed by atoms with Gasteiger partial charge in [-0.2, -0.15) is 0 Å². The summed E-state index contributed by atoms with van der Waals surface area (Å²) in [6, 6.07) is 5.09. The Morgan fingerprint density at radius 3 is 2.61 bits per heavy atom. The van der Waals surface area contributed by atoms with Crippen molar-refractivity contribution in [1.29, 1.82) is 0 Å². The van der Waals surface area contributed by atoms with Crippen LogP contribution in [0.5, 0.6) is 5.75 Å². The quantitative estimate of drug-likeness (QED) is 0.661. The molecule has 6 heteroatoms. The van der Waals surface area contributed by atoms with Crippen LogP contribution >= 0.6 is 0 Å². The summed E-state index contributed by atoms with van der Waals surface area (Å²) in [5.74, 6) is -0.797. The monoisotopic (exact) mass is 320 g/mol. The van der Waals surface area contributed by atoms with Crippen LogP contribution in [0.4, 0.5) is 0 Å². The summed E-state index contributed by atoms with van der Waals surface area (Å²) in [5, 5.41) is 21.1. The van der Waals surface area contributed by atoms with E-state index >= 15 is 0 Å². The number of carbonyl (C=O) groups is 1. The van der Waals surface area contributed by atoms with Gasteiger partial charge in [-0.3, -0.25) is 4.79 Å². The first-order valence-corrected chi connectivity index (χ1v) is 7.25. The Hall–Kier alpha value is -2.34. The highest BCUT2D eigenvalue weighted by Crippen LogP contribution is 2.31. The number of fused-ring (bicyclic) bond motifs is 1. The molecule has 0 fully saturated rings. The van der Waals surface area contributed by atoms with E-state index in [1.54, 1.807) is 25.1 Å². The second kappa shape index (κ2) is 6.04. The Morgan fingerprint density at radius 2 is 2.04 bits per heavy atom. The molecule has 1 heterocycles. The number of aliphatic hydroxyl groups is 1. The van der Waals surface area contributed by atoms with Crippen LogP contribution in [0, 0.1) is 6.92 Å². The lowest BCUT2D eigenvalue weighted by molar-refractivity contribution is -0.159. The predicted molar refractivity (Wildman–Crippen MR) is 84.4 cm³/mol. The van der Waals surface area contributed by atoms with E-state index < -0.39 is 23.3 Å². The van der Waals surface area contributed by atoms with Gasteiger partial charge in [-0.05, 0) is 32.4 Å². The molecule has 124 valence electrons. The van der Waals surface area contributed by atoms with Crippen molar-refractivity contribution >= 4 is 16.9 Å². The Labute approximate surface area is 133 Å². The Balaban J connectivity index is 2.56. The van der Waals surface area contributed by atoms with Crippen LogP contribution in [-0.2, 0) is 16.0 Å². The molecule has 0 aliphatic carbocycles. The van der Waals surface area contributed by atoms with E-state index in [1.165, 1.54) is 20.8 Å². The van der Waals surface area contributed by atoms with Crippen LogP contribution in [0.1, 0.15) is 31.9 Å². The van der Waals surface area contributed by atoms with Gasteiger partial charge in [0.2, 0.25) is 0 Å². The Morgan fingerprint density at radius 1 is 1.39 bits per heavy atom. The number of rotatable bonds is 4. The van der Waals surface area contributed by atoms with Gasteiger partial charge in [0.05, 0.1) is 16.6 Å². The minimum absolute atomic E-state index is 0.0276. The van der Waals surface area contributed by atoms with Crippen LogP contribution in [-0.4, -0.2) is 27.9 Å². The normalized spacial score (nSPS) is 13.1. The summed E-state index contributed by atoms with van der Waals surface area (Å²) < 4.78 is 10.3. The average molecular weight is 320 g/mol. The first kappa shape index (κ1) is 17.0. The molecule has 1 aromatic carbocycles. The van der Waals surface area contributed by atoms with Crippen molar-refractivity contribution in [2.75, 3.05) is 0 Å². The maximum atomic E-state index is 12.2. The molecule has 2 N–H and O–H groups in total. The molecule has 1 atom stereocenters. The SMILES string of the molecule is CC(=O)OC(Cc1c(O)c2c(C)cccc2oc1=O)C(C)(C)O. The minimum Gasteiger partial charge on any atom is -0.507 e. The van der Waals surface area contributed by atoms with Crippen molar-refractivity contribution in [3.8, 4) is 5.75 Å². The molecular weight excluding hydrogens is 300 g/mol. The highest BCUT2D eigenvalue weighted by atomic mass is 16.6. The van der Waals surface area contributed by atoms with Gasteiger partial charge in [-0.1, -0.05) is 12.1 Å². The van der Waals surface area contributed by atoms with Crippen molar-refractivity contribution in [2.24, 2.45) is 0 Å². The average Bonchev–Trinajstić information content (AvgIpc) is 2.40. The topological polar surface area (TPSA) is 97.0 Å². The number of benzene rings is 1. The van der Waals surface area contributed by atoms with E-state index in [9.17, 15) is 19.8 Å². The van der Waals surface area contributed by atoms with Gasteiger partial charge >= 0.3 is 11.6 Å². The highest BCUT2D eigenvalue weighted by Gasteiger charge is 2.32. The van der Waals surface area contributed by atoms with Crippen LogP contribution in [0.25, 0.3) is 11.0 Å². The molecule has 0 bridgehead atoms. The first-order chi connectivity index (χ1) is 10.6. The maximum absolute atomic E-state index is 12.2. The van der Waals surface area contributed by atoms with Gasteiger partial charge in [-0.15, -0.1) is 0 Å². The number of aromatic hydroxyl groups is 1. The number of hydrogen-bond donors (Lipinski definition) is 2. The lowest BCUT2D eigenvalue weighted by Gasteiger charge is -2.28. The molecule has 1 unspecified atom stereocenters. The van der Waals surface area contributed by atoms with Gasteiger partial charge in [-0.25, -0.2) is 4.79 Å². The second-order valence-electron chi connectivity index (χ2n) is 6.12. The van der Waals surface area contributed by atoms with Crippen LogP contribution in [0.3, 0.4) is 0 Å². The third-order valence-electron chi connectivity index (χ3n) is 3.69. The number of esters is 1. The van der Waals surface area contributed by atoms with Crippen molar-refractivity contribution < 1.29 is 24.2 Å². The molecule has 2 aromatic rings. The molecule has 6 nitrogen and oxygen atoms in total. The van der Waals surface area contributed by atoms with Crippen molar-refractivity contribution in [3.63, 3.8) is 0 Å². The molecule has 0 spiro atoms.